The predicted octanol–water partition coefficient (Wildman–Crippen LogP) is 4.35. The summed E-state index contributed by atoms with van der Waals surface area (Å²) < 4.78 is 0. The van der Waals surface area contributed by atoms with Crippen LogP contribution >= 0.6 is 0 Å². The van der Waals surface area contributed by atoms with Crippen molar-refractivity contribution in [1.29, 1.82) is 0 Å². The van der Waals surface area contributed by atoms with Crippen LogP contribution in [0.4, 0.5) is 0 Å². The second-order valence-electron chi connectivity index (χ2n) is 4.27. The lowest BCUT2D eigenvalue weighted by molar-refractivity contribution is 0.485. The van der Waals surface area contributed by atoms with Crippen molar-refractivity contribution in [1.82, 2.24) is 0 Å². The van der Waals surface area contributed by atoms with Crippen molar-refractivity contribution in [2.45, 2.75) is 64.2 Å². The van der Waals surface area contributed by atoms with E-state index in [4.69, 9.17) is 0 Å². The molecule has 0 aliphatic heterocycles. The van der Waals surface area contributed by atoms with Crippen LogP contribution in [0.1, 0.15) is 64.2 Å². The van der Waals surface area contributed by atoms with Crippen LogP contribution in [0.2, 0.25) is 0 Å². The van der Waals surface area contributed by atoms with Crippen LogP contribution in [0.3, 0.4) is 0 Å². The minimum atomic E-state index is 0.753. The predicted molar refractivity (Wildman–Crippen MR) is 55.0 cm³/mol. The zero-order valence-corrected chi connectivity index (χ0v) is 8.36. The Balaban J connectivity index is 2.13. The molecule has 0 aromatic carbocycles. The molecule has 1 aliphatic carbocycles. The first kappa shape index (κ1) is 10.1. The maximum atomic E-state index is 4.20. The molecule has 1 rings (SSSR count). The maximum absolute atomic E-state index is 4.20. The molecule has 0 N–H and O–H groups in total. The molecule has 0 aromatic rings. The van der Waals surface area contributed by atoms with Crippen molar-refractivity contribution in [3.05, 3.63) is 6.92 Å². The Hall–Kier alpha value is 0. The van der Waals surface area contributed by atoms with Gasteiger partial charge in [-0.15, -0.1) is 0 Å². The molecule has 0 heteroatoms. The lowest BCUT2D eigenvalue weighted by Gasteiger charge is -2.08. The molecule has 0 unspecified atom stereocenters. The Morgan fingerprint density at radius 1 is 0.583 bits per heavy atom. The largest absolute Gasteiger partial charge is 0.0533 e. The molecule has 1 radical (unpaired) electrons. The molecule has 1 saturated carbocycles. The molecule has 1 aliphatic rings. The van der Waals surface area contributed by atoms with Gasteiger partial charge in [-0.05, 0) is 5.92 Å². The molecule has 1 fully saturated rings. The molecule has 0 bridgehead atoms. The summed E-state index contributed by atoms with van der Waals surface area (Å²) in [7, 11) is 0. The summed E-state index contributed by atoms with van der Waals surface area (Å²) in [6.07, 6.45) is 14.4. The highest BCUT2D eigenvalue weighted by atomic mass is 14.1. The fraction of sp³-hybridized carbons (Fsp3) is 0.917. The first-order valence-corrected chi connectivity index (χ1v) is 5.72. The summed E-state index contributed by atoms with van der Waals surface area (Å²) in [5, 5.41) is 0. The Bertz CT molecular complexity index is 84.2. The molecule has 0 atom stereocenters. The van der Waals surface area contributed by atoms with Gasteiger partial charge < -0.3 is 0 Å². The van der Waals surface area contributed by atoms with E-state index in [2.05, 4.69) is 6.92 Å². The van der Waals surface area contributed by atoms with E-state index in [1.807, 2.05) is 0 Å². The number of rotatable bonds is 0. The zero-order valence-electron chi connectivity index (χ0n) is 8.36. The molecular formula is C12H23. The van der Waals surface area contributed by atoms with E-state index in [-0.39, 0.29) is 0 Å². The summed E-state index contributed by atoms with van der Waals surface area (Å²) in [5.41, 5.74) is 0. The average molecular weight is 167 g/mol. The van der Waals surface area contributed by atoms with Crippen LogP contribution in [-0.2, 0) is 0 Å². The van der Waals surface area contributed by atoms with Crippen molar-refractivity contribution < 1.29 is 0 Å². The van der Waals surface area contributed by atoms with Crippen LogP contribution in [0.5, 0.6) is 0 Å². The SMILES string of the molecule is [CH2]C1CCCCCCCCCC1. The van der Waals surface area contributed by atoms with Gasteiger partial charge in [0.25, 0.3) is 0 Å². The third kappa shape index (κ3) is 4.79. The fourth-order valence-corrected chi connectivity index (χ4v) is 2.07. The van der Waals surface area contributed by atoms with E-state index >= 15 is 0 Å². The van der Waals surface area contributed by atoms with Gasteiger partial charge in [-0.25, -0.2) is 0 Å². The molecule has 0 heterocycles. The Kier molecular flexibility index (Phi) is 5.47. The minimum Gasteiger partial charge on any atom is -0.0533 e. The van der Waals surface area contributed by atoms with E-state index in [0.717, 1.165) is 5.92 Å². The van der Waals surface area contributed by atoms with Gasteiger partial charge in [0.15, 0.2) is 0 Å². The first-order valence-electron chi connectivity index (χ1n) is 5.72. The van der Waals surface area contributed by atoms with E-state index in [1.165, 1.54) is 64.2 Å². The highest BCUT2D eigenvalue weighted by Crippen LogP contribution is 2.19. The van der Waals surface area contributed by atoms with Gasteiger partial charge in [-0.3, -0.25) is 0 Å². The summed E-state index contributed by atoms with van der Waals surface area (Å²) in [6, 6.07) is 0. The van der Waals surface area contributed by atoms with Gasteiger partial charge in [-0.1, -0.05) is 71.1 Å². The topological polar surface area (TPSA) is 0 Å². The normalized spacial score (nSPS) is 24.8. The monoisotopic (exact) mass is 167 g/mol. The van der Waals surface area contributed by atoms with Crippen LogP contribution in [0, 0.1) is 12.8 Å². The Labute approximate surface area is 77.7 Å². The van der Waals surface area contributed by atoms with E-state index < -0.39 is 0 Å². The second kappa shape index (κ2) is 6.51. The standard InChI is InChI=1S/C12H23/c1-12-10-8-6-4-2-3-5-7-9-11-12/h12H,1-11H2. The van der Waals surface area contributed by atoms with E-state index in [1.54, 1.807) is 0 Å². The Morgan fingerprint density at radius 2 is 0.917 bits per heavy atom. The van der Waals surface area contributed by atoms with Crippen molar-refractivity contribution in [3.63, 3.8) is 0 Å². The molecule has 0 amide bonds. The van der Waals surface area contributed by atoms with Crippen LogP contribution < -0.4 is 0 Å². The minimum absolute atomic E-state index is 0.753. The quantitative estimate of drug-likeness (QED) is 0.503. The molecule has 0 saturated heterocycles. The second-order valence-corrected chi connectivity index (χ2v) is 4.27. The highest BCUT2D eigenvalue weighted by Gasteiger charge is 2.03. The van der Waals surface area contributed by atoms with Gasteiger partial charge >= 0.3 is 0 Å². The van der Waals surface area contributed by atoms with Gasteiger partial charge in [0.05, 0.1) is 0 Å². The van der Waals surface area contributed by atoms with E-state index in [0.29, 0.717) is 0 Å². The zero-order chi connectivity index (χ0) is 8.65. The summed E-state index contributed by atoms with van der Waals surface area (Å²) in [4.78, 5) is 0. The molecule has 71 valence electrons. The molecule has 0 nitrogen and oxygen atoms in total. The van der Waals surface area contributed by atoms with Crippen LogP contribution in [0.25, 0.3) is 0 Å². The van der Waals surface area contributed by atoms with Crippen molar-refractivity contribution in [2.24, 2.45) is 5.92 Å². The Morgan fingerprint density at radius 3 is 1.33 bits per heavy atom. The van der Waals surface area contributed by atoms with Crippen LogP contribution in [-0.4, -0.2) is 0 Å². The van der Waals surface area contributed by atoms with Crippen molar-refractivity contribution in [2.75, 3.05) is 0 Å². The van der Waals surface area contributed by atoms with Gasteiger partial charge in [-0.2, -0.15) is 0 Å². The maximum Gasteiger partial charge on any atom is -0.0414 e. The average Bonchev–Trinajstić information content (AvgIpc) is 2.11. The molecule has 0 aromatic heterocycles. The highest BCUT2D eigenvalue weighted by molar-refractivity contribution is 4.63. The third-order valence-corrected chi connectivity index (χ3v) is 2.97. The first-order chi connectivity index (χ1) is 5.89. The summed E-state index contributed by atoms with van der Waals surface area (Å²) >= 11 is 0. The van der Waals surface area contributed by atoms with E-state index in [9.17, 15) is 0 Å². The molecule has 0 spiro atoms. The fourth-order valence-electron chi connectivity index (χ4n) is 2.07. The smallest absolute Gasteiger partial charge is 0.0414 e. The van der Waals surface area contributed by atoms with Gasteiger partial charge in [0.1, 0.15) is 0 Å². The molecule has 12 heavy (non-hydrogen) atoms. The van der Waals surface area contributed by atoms with Crippen molar-refractivity contribution >= 4 is 0 Å². The van der Waals surface area contributed by atoms with Crippen molar-refractivity contribution in [3.8, 4) is 0 Å². The summed E-state index contributed by atoms with van der Waals surface area (Å²) in [5.74, 6) is 0.753. The van der Waals surface area contributed by atoms with Gasteiger partial charge in [0, 0.05) is 0 Å². The lowest BCUT2D eigenvalue weighted by atomic mass is 9.98. The summed E-state index contributed by atoms with van der Waals surface area (Å²) in [6.45, 7) is 4.20. The third-order valence-electron chi connectivity index (χ3n) is 2.97. The van der Waals surface area contributed by atoms with Gasteiger partial charge in [0.2, 0.25) is 0 Å². The number of hydrogen-bond acceptors (Lipinski definition) is 0. The van der Waals surface area contributed by atoms with Crippen LogP contribution in [0.15, 0.2) is 0 Å². The lowest BCUT2D eigenvalue weighted by Crippen LogP contribution is -1.94. The molecular weight excluding hydrogens is 144 g/mol. The number of hydrogen-bond donors (Lipinski definition) is 0.